The Balaban J connectivity index is 2.78. The molecule has 1 aliphatic heterocycles. The lowest BCUT2D eigenvalue weighted by Crippen LogP contribution is -2.46. The highest BCUT2D eigenvalue weighted by Gasteiger charge is 2.41. The van der Waals surface area contributed by atoms with Gasteiger partial charge in [0.05, 0.1) is 24.7 Å². The minimum absolute atomic E-state index is 0.00207. The average molecular weight is 308 g/mol. The van der Waals surface area contributed by atoms with Gasteiger partial charge < -0.3 is 20.8 Å². The number of hydrogen-bond donors (Lipinski definition) is 4. The zero-order valence-electron chi connectivity index (χ0n) is 11.0. The lowest BCUT2D eigenvalue weighted by atomic mass is 9.90. The monoisotopic (exact) mass is 308 g/mol. The van der Waals surface area contributed by atoms with Crippen LogP contribution >= 0.6 is 0 Å². The predicted octanol–water partition coefficient (Wildman–Crippen LogP) is -2.75. The molecule has 1 fully saturated rings. The number of amides is 2. The summed E-state index contributed by atoms with van der Waals surface area (Å²) < 4.78 is 23.0. The Morgan fingerprint density at radius 2 is 1.60 bits per heavy atom. The van der Waals surface area contributed by atoms with Crippen LogP contribution < -0.4 is 10.6 Å². The molecule has 0 aromatic heterocycles. The second kappa shape index (κ2) is 7.55. The average Bonchev–Trinajstić information content (AvgIpc) is 2.74. The van der Waals surface area contributed by atoms with Crippen LogP contribution in [0.5, 0.6) is 0 Å². The topological polar surface area (TPSA) is 133 Å². The van der Waals surface area contributed by atoms with Crippen molar-refractivity contribution in [3.63, 3.8) is 0 Å². The summed E-state index contributed by atoms with van der Waals surface area (Å²) in [5.74, 6) is -3.12. The maximum Gasteiger partial charge on any atom is 0.232 e. The molecule has 9 heteroatoms. The Morgan fingerprint density at radius 1 is 1.10 bits per heavy atom. The third-order valence-corrected chi connectivity index (χ3v) is 4.92. The minimum Gasteiger partial charge on any atom is -0.395 e. The number of carbonyl (C=O) groups excluding carboxylic acids is 2. The van der Waals surface area contributed by atoms with E-state index in [9.17, 15) is 18.0 Å². The van der Waals surface area contributed by atoms with E-state index in [0.717, 1.165) is 0 Å². The summed E-state index contributed by atoms with van der Waals surface area (Å²) in [5.41, 5.74) is 0. The van der Waals surface area contributed by atoms with Crippen molar-refractivity contribution in [1.29, 1.82) is 0 Å². The van der Waals surface area contributed by atoms with Gasteiger partial charge in [-0.25, -0.2) is 8.42 Å². The van der Waals surface area contributed by atoms with Gasteiger partial charge in [-0.15, -0.1) is 0 Å². The Hall–Kier alpha value is -1.19. The van der Waals surface area contributed by atoms with Crippen molar-refractivity contribution in [3.05, 3.63) is 0 Å². The van der Waals surface area contributed by atoms with E-state index in [1.54, 1.807) is 0 Å². The van der Waals surface area contributed by atoms with E-state index in [0.29, 0.717) is 0 Å². The molecule has 1 atom stereocenters. The molecule has 0 aromatic rings. The molecule has 0 radical (unpaired) electrons. The van der Waals surface area contributed by atoms with E-state index < -0.39 is 33.5 Å². The first-order chi connectivity index (χ1) is 9.41. The highest BCUT2D eigenvalue weighted by atomic mass is 32.2. The van der Waals surface area contributed by atoms with Crippen LogP contribution in [-0.4, -0.2) is 68.3 Å². The zero-order valence-corrected chi connectivity index (χ0v) is 11.9. The number of sulfone groups is 1. The lowest BCUT2D eigenvalue weighted by Gasteiger charge is -2.20. The van der Waals surface area contributed by atoms with Gasteiger partial charge in [0.25, 0.3) is 0 Å². The van der Waals surface area contributed by atoms with Crippen LogP contribution in [0.3, 0.4) is 0 Å². The standard InChI is InChI=1S/C11H20N2O6S/c14-4-2-12-10(16)9(11(17)13-3-5-15)8-1-6-20(18,19)7-8/h8-9,14-15H,1-7H2,(H,12,16)(H,13,17)/t8-/m0/s1. The summed E-state index contributed by atoms with van der Waals surface area (Å²) in [5, 5.41) is 22.1. The second-order valence-electron chi connectivity index (χ2n) is 4.67. The van der Waals surface area contributed by atoms with Crippen molar-refractivity contribution < 1.29 is 28.2 Å². The molecule has 0 bridgehead atoms. The lowest BCUT2D eigenvalue weighted by molar-refractivity contribution is -0.137. The normalized spacial score (nSPS) is 20.9. The molecule has 4 N–H and O–H groups in total. The summed E-state index contributed by atoms with van der Waals surface area (Å²) in [7, 11) is -3.21. The Labute approximate surface area is 117 Å². The third-order valence-electron chi connectivity index (χ3n) is 3.13. The van der Waals surface area contributed by atoms with Crippen molar-refractivity contribution in [2.45, 2.75) is 6.42 Å². The van der Waals surface area contributed by atoms with Gasteiger partial charge in [-0.3, -0.25) is 9.59 Å². The molecular weight excluding hydrogens is 288 g/mol. The van der Waals surface area contributed by atoms with Gasteiger partial charge in [-0.1, -0.05) is 0 Å². The van der Waals surface area contributed by atoms with E-state index in [2.05, 4.69) is 10.6 Å². The summed E-state index contributed by atoms with van der Waals surface area (Å²) >= 11 is 0. The van der Waals surface area contributed by atoms with Gasteiger partial charge in [-0.05, 0) is 12.3 Å². The summed E-state index contributed by atoms with van der Waals surface area (Å²) in [4.78, 5) is 23.9. The van der Waals surface area contributed by atoms with E-state index in [4.69, 9.17) is 10.2 Å². The number of aliphatic hydroxyl groups excluding tert-OH is 2. The van der Waals surface area contributed by atoms with Crippen LogP contribution in [0.2, 0.25) is 0 Å². The highest BCUT2D eigenvalue weighted by molar-refractivity contribution is 7.91. The van der Waals surface area contributed by atoms with Crippen molar-refractivity contribution >= 4 is 21.7 Å². The number of aliphatic hydroxyl groups is 2. The van der Waals surface area contributed by atoms with Crippen LogP contribution in [0.25, 0.3) is 0 Å². The highest BCUT2D eigenvalue weighted by Crippen LogP contribution is 2.26. The van der Waals surface area contributed by atoms with Gasteiger partial charge in [0, 0.05) is 13.1 Å². The van der Waals surface area contributed by atoms with E-state index in [1.165, 1.54) is 0 Å². The second-order valence-corrected chi connectivity index (χ2v) is 6.90. The van der Waals surface area contributed by atoms with Crippen LogP contribution in [-0.2, 0) is 19.4 Å². The largest absolute Gasteiger partial charge is 0.395 e. The molecule has 0 saturated carbocycles. The minimum atomic E-state index is -3.21. The summed E-state index contributed by atoms with van der Waals surface area (Å²) in [6, 6.07) is 0. The number of nitrogens with one attached hydrogen (secondary N) is 2. The number of hydrogen-bond acceptors (Lipinski definition) is 6. The molecule has 2 amide bonds. The van der Waals surface area contributed by atoms with Crippen LogP contribution in [0, 0.1) is 11.8 Å². The fourth-order valence-corrected chi connectivity index (χ4v) is 4.05. The Bertz CT molecular complexity index is 430. The van der Waals surface area contributed by atoms with Crippen molar-refractivity contribution in [2.75, 3.05) is 37.8 Å². The molecule has 1 heterocycles. The molecule has 0 aromatic carbocycles. The van der Waals surface area contributed by atoms with Crippen molar-refractivity contribution in [1.82, 2.24) is 10.6 Å². The first-order valence-corrected chi connectivity index (χ1v) is 8.21. The van der Waals surface area contributed by atoms with E-state index in [-0.39, 0.29) is 44.2 Å². The quantitative estimate of drug-likeness (QED) is 0.377. The van der Waals surface area contributed by atoms with Gasteiger partial charge >= 0.3 is 0 Å². The molecule has 1 aliphatic rings. The Morgan fingerprint density at radius 3 is 1.95 bits per heavy atom. The number of rotatable bonds is 7. The number of carbonyl (C=O) groups is 2. The third kappa shape index (κ3) is 4.73. The van der Waals surface area contributed by atoms with Crippen LogP contribution in [0.15, 0.2) is 0 Å². The van der Waals surface area contributed by atoms with Crippen LogP contribution in [0.4, 0.5) is 0 Å². The predicted molar refractivity (Wildman–Crippen MR) is 70.4 cm³/mol. The Kier molecular flexibility index (Phi) is 6.37. The summed E-state index contributed by atoms with van der Waals surface area (Å²) in [6.45, 7) is -0.524. The molecular formula is C11H20N2O6S. The molecule has 8 nitrogen and oxygen atoms in total. The zero-order chi connectivity index (χ0) is 15.2. The summed E-state index contributed by atoms with van der Waals surface area (Å²) in [6.07, 6.45) is 0.256. The van der Waals surface area contributed by atoms with E-state index in [1.807, 2.05) is 0 Å². The van der Waals surface area contributed by atoms with Crippen LogP contribution in [0.1, 0.15) is 6.42 Å². The fraction of sp³-hybridized carbons (Fsp3) is 0.818. The molecule has 0 unspecified atom stereocenters. The maximum absolute atomic E-state index is 12.0. The fourth-order valence-electron chi connectivity index (χ4n) is 2.21. The van der Waals surface area contributed by atoms with Gasteiger partial charge in [0.15, 0.2) is 9.84 Å². The van der Waals surface area contributed by atoms with Gasteiger partial charge in [0.1, 0.15) is 5.92 Å². The maximum atomic E-state index is 12.0. The van der Waals surface area contributed by atoms with Crippen molar-refractivity contribution in [3.8, 4) is 0 Å². The van der Waals surface area contributed by atoms with Gasteiger partial charge in [-0.2, -0.15) is 0 Å². The smallest absolute Gasteiger partial charge is 0.232 e. The first kappa shape index (κ1) is 16.9. The first-order valence-electron chi connectivity index (χ1n) is 6.39. The van der Waals surface area contributed by atoms with Crippen molar-refractivity contribution in [2.24, 2.45) is 11.8 Å². The van der Waals surface area contributed by atoms with Gasteiger partial charge in [0.2, 0.25) is 11.8 Å². The molecule has 116 valence electrons. The SMILES string of the molecule is O=C(NCCO)C(C(=O)NCCO)[C@H]1CCS(=O)(=O)C1. The molecule has 20 heavy (non-hydrogen) atoms. The molecule has 1 saturated heterocycles. The molecule has 1 rings (SSSR count). The molecule has 0 aliphatic carbocycles. The van der Waals surface area contributed by atoms with E-state index >= 15 is 0 Å². The molecule has 0 spiro atoms.